The Morgan fingerprint density at radius 2 is 1.72 bits per heavy atom. The SMILES string of the molecule is C=C(c1cc(CC)c(O)cc1O)N(C(=S)NC)c1ccc2c(c1)c1ccccc1n2CC. The molecule has 1 heterocycles. The standard InChI is InChI=1S/C26H27N3O2S/c1-5-17-13-20(25(31)15-24(17)30)16(3)29(26(32)27-4)18-11-12-23-21(14-18)19-9-7-8-10-22(19)28(23)6-2/h7-15,30-31H,3,5-6H2,1-2,4H3,(H,27,32). The first-order chi connectivity index (χ1) is 15.4. The van der Waals surface area contributed by atoms with E-state index in [0.29, 0.717) is 22.8 Å². The van der Waals surface area contributed by atoms with Crippen LogP contribution in [0.5, 0.6) is 11.5 Å². The third-order valence-corrected chi connectivity index (χ3v) is 6.29. The summed E-state index contributed by atoms with van der Waals surface area (Å²) >= 11 is 5.63. The summed E-state index contributed by atoms with van der Waals surface area (Å²) in [5, 5.41) is 26.5. The van der Waals surface area contributed by atoms with Gasteiger partial charge in [0.1, 0.15) is 11.5 Å². The van der Waals surface area contributed by atoms with Gasteiger partial charge in [-0.15, -0.1) is 0 Å². The molecule has 164 valence electrons. The van der Waals surface area contributed by atoms with Crippen molar-refractivity contribution in [3.8, 4) is 11.5 Å². The zero-order chi connectivity index (χ0) is 23.0. The lowest BCUT2D eigenvalue weighted by atomic mass is 10.0. The number of aryl methyl sites for hydroxylation is 2. The second-order valence-electron chi connectivity index (χ2n) is 7.65. The normalized spacial score (nSPS) is 11.1. The lowest BCUT2D eigenvalue weighted by molar-refractivity contribution is 0.445. The number of phenolic OH excluding ortho intramolecular Hbond substituents is 2. The number of aromatic nitrogens is 1. The summed E-state index contributed by atoms with van der Waals surface area (Å²) in [6.45, 7) is 9.22. The summed E-state index contributed by atoms with van der Waals surface area (Å²) in [4.78, 5) is 1.82. The van der Waals surface area contributed by atoms with Gasteiger partial charge in [-0.25, -0.2) is 0 Å². The van der Waals surface area contributed by atoms with Gasteiger partial charge >= 0.3 is 0 Å². The van der Waals surface area contributed by atoms with E-state index in [1.165, 1.54) is 17.0 Å². The van der Waals surface area contributed by atoms with Crippen molar-refractivity contribution in [1.82, 2.24) is 9.88 Å². The molecule has 1 aromatic heterocycles. The van der Waals surface area contributed by atoms with Crippen molar-refractivity contribution in [3.05, 3.63) is 72.3 Å². The van der Waals surface area contributed by atoms with Crippen molar-refractivity contribution in [3.63, 3.8) is 0 Å². The molecular weight excluding hydrogens is 418 g/mol. The molecule has 0 unspecified atom stereocenters. The highest BCUT2D eigenvalue weighted by Crippen LogP contribution is 2.37. The molecule has 0 spiro atoms. The van der Waals surface area contributed by atoms with E-state index >= 15 is 0 Å². The van der Waals surface area contributed by atoms with Gasteiger partial charge in [0.2, 0.25) is 0 Å². The van der Waals surface area contributed by atoms with Crippen LogP contribution >= 0.6 is 12.2 Å². The van der Waals surface area contributed by atoms with Crippen LogP contribution in [0.4, 0.5) is 5.69 Å². The summed E-state index contributed by atoms with van der Waals surface area (Å²) in [5.74, 6) is 0.0235. The lowest BCUT2D eigenvalue weighted by Crippen LogP contribution is -2.36. The lowest BCUT2D eigenvalue weighted by Gasteiger charge is -2.28. The number of anilines is 1. The Labute approximate surface area is 193 Å². The maximum absolute atomic E-state index is 10.6. The molecule has 4 rings (SSSR count). The van der Waals surface area contributed by atoms with Gasteiger partial charge in [0, 0.05) is 52.7 Å². The fraction of sp³-hybridized carbons (Fsp3) is 0.192. The summed E-state index contributed by atoms with van der Waals surface area (Å²) in [5.41, 5.74) is 4.96. The van der Waals surface area contributed by atoms with Crippen molar-refractivity contribution >= 4 is 50.5 Å². The molecule has 0 aliphatic carbocycles. The predicted octanol–water partition coefficient (Wildman–Crippen LogP) is 5.77. The number of fused-ring (bicyclic) bond motifs is 3. The number of hydrogen-bond donors (Lipinski definition) is 3. The molecule has 0 fully saturated rings. The Kier molecular flexibility index (Phi) is 5.80. The molecule has 5 nitrogen and oxygen atoms in total. The highest BCUT2D eigenvalue weighted by Gasteiger charge is 2.21. The molecule has 0 saturated heterocycles. The summed E-state index contributed by atoms with van der Waals surface area (Å²) in [6.07, 6.45) is 0.630. The maximum Gasteiger partial charge on any atom is 0.177 e. The minimum Gasteiger partial charge on any atom is -0.508 e. The van der Waals surface area contributed by atoms with Gasteiger partial charge in [-0.05, 0) is 61.5 Å². The predicted molar refractivity (Wildman–Crippen MR) is 137 cm³/mol. The first-order valence-corrected chi connectivity index (χ1v) is 11.1. The first kappa shape index (κ1) is 21.7. The van der Waals surface area contributed by atoms with Gasteiger partial charge in [0.15, 0.2) is 5.11 Å². The van der Waals surface area contributed by atoms with Crippen LogP contribution in [0, 0.1) is 0 Å². The van der Waals surface area contributed by atoms with Gasteiger partial charge in [0.05, 0.1) is 5.70 Å². The topological polar surface area (TPSA) is 60.7 Å². The zero-order valence-electron chi connectivity index (χ0n) is 18.5. The molecular formula is C26H27N3O2S. The number of thiocarbonyl (C=S) groups is 1. The van der Waals surface area contributed by atoms with Gasteiger partial charge < -0.3 is 20.1 Å². The summed E-state index contributed by atoms with van der Waals surface area (Å²) in [7, 11) is 1.76. The van der Waals surface area contributed by atoms with Crippen LogP contribution in [0.3, 0.4) is 0 Å². The number of benzene rings is 3. The molecule has 0 radical (unpaired) electrons. The highest BCUT2D eigenvalue weighted by atomic mass is 32.1. The number of nitrogens with one attached hydrogen (secondary N) is 1. The smallest absolute Gasteiger partial charge is 0.177 e. The molecule has 0 saturated carbocycles. The number of aromatic hydroxyl groups is 2. The fourth-order valence-corrected chi connectivity index (χ4v) is 4.50. The quantitative estimate of drug-likeness (QED) is 0.341. The largest absolute Gasteiger partial charge is 0.508 e. The van der Waals surface area contributed by atoms with E-state index in [1.807, 2.05) is 24.0 Å². The monoisotopic (exact) mass is 445 g/mol. The van der Waals surface area contributed by atoms with E-state index in [4.69, 9.17) is 12.2 Å². The van der Waals surface area contributed by atoms with Crippen LogP contribution in [0.1, 0.15) is 25.0 Å². The van der Waals surface area contributed by atoms with Crippen molar-refractivity contribution in [1.29, 1.82) is 0 Å². The van der Waals surface area contributed by atoms with Crippen LogP contribution in [0.15, 0.2) is 61.2 Å². The van der Waals surface area contributed by atoms with E-state index in [-0.39, 0.29) is 11.5 Å². The molecule has 3 N–H and O–H groups in total. The maximum atomic E-state index is 10.6. The van der Waals surface area contributed by atoms with E-state index in [0.717, 1.165) is 28.7 Å². The Balaban J connectivity index is 1.90. The molecule has 0 aliphatic rings. The van der Waals surface area contributed by atoms with Crippen LogP contribution in [-0.2, 0) is 13.0 Å². The second kappa shape index (κ2) is 8.55. The van der Waals surface area contributed by atoms with Gasteiger partial charge in [-0.2, -0.15) is 0 Å². The fourth-order valence-electron chi connectivity index (χ4n) is 4.29. The number of phenols is 2. The number of para-hydroxylation sites is 1. The molecule has 0 bridgehead atoms. The molecule has 0 atom stereocenters. The molecule has 6 heteroatoms. The van der Waals surface area contributed by atoms with Crippen molar-refractivity contribution in [2.24, 2.45) is 0 Å². The Bertz CT molecular complexity index is 1360. The number of hydrogen-bond acceptors (Lipinski definition) is 3. The van der Waals surface area contributed by atoms with Crippen LogP contribution < -0.4 is 10.2 Å². The molecule has 0 amide bonds. The molecule has 4 aromatic rings. The van der Waals surface area contributed by atoms with Gasteiger partial charge in [-0.3, -0.25) is 4.90 Å². The third-order valence-electron chi connectivity index (χ3n) is 5.91. The van der Waals surface area contributed by atoms with Gasteiger partial charge in [0.25, 0.3) is 0 Å². The molecule has 3 aromatic carbocycles. The average Bonchev–Trinajstić information content (AvgIpc) is 3.12. The third kappa shape index (κ3) is 3.46. The van der Waals surface area contributed by atoms with Crippen LogP contribution in [0.2, 0.25) is 0 Å². The summed E-state index contributed by atoms with van der Waals surface area (Å²) < 4.78 is 2.29. The van der Waals surface area contributed by atoms with Crippen molar-refractivity contribution in [2.45, 2.75) is 26.8 Å². The Morgan fingerprint density at radius 3 is 2.41 bits per heavy atom. The average molecular weight is 446 g/mol. The van der Waals surface area contributed by atoms with Crippen molar-refractivity contribution < 1.29 is 10.2 Å². The molecule has 32 heavy (non-hydrogen) atoms. The van der Waals surface area contributed by atoms with E-state index in [2.05, 4.69) is 53.7 Å². The van der Waals surface area contributed by atoms with E-state index < -0.39 is 0 Å². The summed E-state index contributed by atoms with van der Waals surface area (Å²) in [6, 6.07) is 17.7. The van der Waals surface area contributed by atoms with Gasteiger partial charge in [-0.1, -0.05) is 31.7 Å². The Hall–Kier alpha value is -3.51. The Morgan fingerprint density at radius 1 is 1.00 bits per heavy atom. The van der Waals surface area contributed by atoms with E-state index in [9.17, 15) is 10.2 Å². The minimum atomic E-state index is -0.0442. The van der Waals surface area contributed by atoms with Crippen LogP contribution in [0.25, 0.3) is 27.5 Å². The molecule has 0 aliphatic heterocycles. The highest BCUT2D eigenvalue weighted by molar-refractivity contribution is 7.80. The first-order valence-electron chi connectivity index (χ1n) is 10.7. The second-order valence-corrected chi connectivity index (χ2v) is 8.04. The van der Waals surface area contributed by atoms with E-state index in [1.54, 1.807) is 13.1 Å². The number of nitrogens with zero attached hydrogens (tertiary/aromatic N) is 2. The minimum absolute atomic E-state index is 0.0442. The van der Waals surface area contributed by atoms with Crippen LogP contribution in [-0.4, -0.2) is 26.9 Å². The number of rotatable bonds is 5. The van der Waals surface area contributed by atoms with Crippen molar-refractivity contribution in [2.75, 3.05) is 11.9 Å². The zero-order valence-corrected chi connectivity index (χ0v) is 19.3.